The molecule has 170 valence electrons. The summed E-state index contributed by atoms with van der Waals surface area (Å²) in [5.41, 5.74) is 0.690. The molecular formula is C21H24ClN5O4S. The van der Waals surface area contributed by atoms with Crippen LogP contribution in [-0.4, -0.2) is 51.0 Å². The molecule has 0 spiro atoms. The average Bonchev–Trinajstić information content (AvgIpc) is 2.76. The van der Waals surface area contributed by atoms with E-state index in [1.807, 2.05) is 13.8 Å². The van der Waals surface area contributed by atoms with Gasteiger partial charge in [-0.25, -0.2) is 15.0 Å². The average molecular weight is 478 g/mol. The van der Waals surface area contributed by atoms with Crippen LogP contribution in [0.2, 0.25) is 5.02 Å². The Bertz CT molecular complexity index is 1150. The molecule has 9 nitrogen and oxygen atoms in total. The lowest BCUT2D eigenvalue weighted by atomic mass is 10.3. The molecule has 32 heavy (non-hydrogen) atoms. The summed E-state index contributed by atoms with van der Waals surface area (Å²) in [5.74, 6) is 0.301. The van der Waals surface area contributed by atoms with E-state index in [2.05, 4.69) is 20.3 Å². The largest absolute Gasteiger partial charge is 0.495 e. The third-order valence-corrected chi connectivity index (χ3v) is 5.58. The van der Waals surface area contributed by atoms with Gasteiger partial charge in [0, 0.05) is 31.2 Å². The quantitative estimate of drug-likeness (QED) is 0.269. The van der Waals surface area contributed by atoms with Crippen LogP contribution < -0.4 is 15.6 Å². The zero-order chi connectivity index (χ0) is 23.1. The number of amides is 1. The predicted octanol–water partition coefficient (Wildman–Crippen LogP) is 3.39. The van der Waals surface area contributed by atoms with Crippen molar-refractivity contribution in [2.24, 2.45) is 0 Å². The van der Waals surface area contributed by atoms with E-state index in [4.69, 9.17) is 21.1 Å². The van der Waals surface area contributed by atoms with Gasteiger partial charge in [0.2, 0.25) is 5.91 Å². The summed E-state index contributed by atoms with van der Waals surface area (Å²) in [6.07, 6.45) is 3.66. The van der Waals surface area contributed by atoms with Gasteiger partial charge >= 0.3 is 0 Å². The summed E-state index contributed by atoms with van der Waals surface area (Å²) in [7, 11) is 1.52. The van der Waals surface area contributed by atoms with Gasteiger partial charge in [-0.15, -0.1) is 0 Å². The third-order valence-electron chi connectivity index (χ3n) is 4.30. The number of carbonyl (C=O) groups is 1. The standard InChI is InChI=1S/C21H24ClN5O4S/c1-13(2)31-10-4-9-27-20(29)18-19(24-8-7-23-18)26-21(27)32-12-17(28)25-14-5-6-16(30-3)15(22)11-14/h5-8,11,13H,4,9-10,12H2,1-3H3,(H,25,28). The highest BCUT2D eigenvalue weighted by atomic mass is 35.5. The van der Waals surface area contributed by atoms with E-state index in [1.54, 1.807) is 18.2 Å². The fraction of sp³-hybridized carbons (Fsp3) is 0.381. The SMILES string of the molecule is COc1ccc(NC(=O)CSc2nc3nccnc3c(=O)n2CCCOC(C)C)cc1Cl. The Hall–Kier alpha value is -2.69. The van der Waals surface area contributed by atoms with Gasteiger partial charge in [-0.2, -0.15) is 0 Å². The number of nitrogens with one attached hydrogen (secondary N) is 1. The number of fused-ring (bicyclic) bond motifs is 1. The van der Waals surface area contributed by atoms with Gasteiger partial charge in [-0.05, 0) is 38.5 Å². The number of hydrogen-bond donors (Lipinski definition) is 1. The number of anilines is 1. The molecule has 0 saturated carbocycles. The van der Waals surface area contributed by atoms with Crippen LogP contribution in [0, 0.1) is 0 Å². The van der Waals surface area contributed by atoms with Gasteiger partial charge in [0.1, 0.15) is 5.75 Å². The van der Waals surface area contributed by atoms with Crippen LogP contribution in [0.15, 0.2) is 40.5 Å². The van der Waals surface area contributed by atoms with Crippen molar-refractivity contribution in [1.82, 2.24) is 19.5 Å². The van der Waals surface area contributed by atoms with Crippen molar-refractivity contribution in [1.29, 1.82) is 0 Å². The number of benzene rings is 1. The van der Waals surface area contributed by atoms with E-state index in [0.717, 1.165) is 11.8 Å². The van der Waals surface area contributed by atoms with E-state index < -0.39 is 0 Å². The molecular weight excluding hydrogens is 454 g/mol. The lowest BCUT2D eigenvalue weighted by molar-refractivity contribution is -0.113. The minimum absolute atomic E-state index is 0.0460. The van der Waals surface area contributed by atoms with Crippen LogP contribution in [0.3, 0.4) is 0 Å². The Morgan fingerprint density at radius 3 is 2.78 bits per heavy atom. The molecule has 0 saturated heterocycles. The first-order valence-electron chi connectivity index (χ1n) is 9.98. The van der Waals surface area contributed by atoms with Gasteiger partial charge in [0.25, 0.3) is 5.56 Å². The molecule has 1 aromatic carbocycles. The Labute approximate surface area is 194 Å². The Balaban J connectivity index is 1.74. The molecule has 0 aliphatic heterocycles. The maximum atomic E-state index is 13.0. The molecule has 0 aliphatic rings. The predicted molar refractivity (Wildman–Crippen MR) is 125 cm³/mol. The number of methoxy groups -OCH3 is 1. The van der Waals surface area contributed by atoms with Gasteiger partial charge in [-0.3, -0.25) is 14.2 Å². The van der Waals surface area contributed by atoms with Crippen molar-refractivity contribution in [3.05, 3.63) is 46.0 Å². The highest BCUT2D eigenvalue weighted by Gasteiger charge is 2.15. The van der Waals surface area contributed by atoms with E-state index in [9.17, 15) is 9.59 Å². The number of halogens is 1. The lowest BCUT2D eigenvalue weighted by Crippen LogP contribution is -2.26. The van der Waals surface area contributed by atoms with Crippen molar-refractivity contribution < 1.29 is 14.3 Å². The molecule has 1 N–H and O–H groups in total. The molecule has 3 aromatic rings. The maximum Gasteiger partial charge on any atom is 0.282 e. The van der Waals surface area contributed by atoms with Crippen molar-refractivity contribution in [3.8, 4) is 5.75 Å². The number of carbonyl (C=O) groups excluding carboxylic acids is 1. The molecule has 0 bridgehead atoms. The number of hydrogen-bond acceptors (Lipinski definition) is 8. The topological polar surface area (TPSA) is 108 Å². The van der Waals surface area contributed by atoms with E-state index in [0.29, 0.717) is 41.2 Å². The second kappa shape index (κ2) is 11.3. The second-order valence-corrected chi connectivity index (χ2v) is 8.39. The lowest BCUT2D eigenvalue weighted by Gasteiger charge is -2.13. The van der Waals surface area contributed by atoms with Crippen LogP contribution >= 0.6 is 23.4 Å². The van der Waals surface area contributed by atoms with Crippen molar-refractivity contribution in [2.45, 2.75) is 38.1 Å². The Morgan fingerprint density at radius 2 is 2.06 bits per heavy atom. The Kier molecular flexibility index (Phi) is 8.43. The molecule has 0 radical (unpaired) electrons. The molecule has 0 unspecified atom stereocenters. The summed E-state index contributed by atoms with van der Waals surface area (Å²) >= 11 is 7.26. The molecule has 0 fully saturated rings. The number of ether oxygens (including phenoxy) is 2. The smallest absolute Gasteiger partial charge is 0.282 e. The number of thioether (sulfide) groups is 1. The minimum atomic E-state index is -0.294. The Morgan fingerprint density at radius 1 is 1.28 bits per heavy atom. The summed E-state index contributed by atoms with van der Waals surface area (Å²) < 4.78 is 12.2. The zero-order valence-electron chi connectivity index (χ0n) is 18.0. The fourth-order valence-corrected chi connectivity index (χ4v) is 3.92. The number of nitrogens with zero attached hydrogens (tertiary/aromatic N) is 4. The van der Waals surface area contributed by atoms with Gasteiger partial charge in [-0.1, -0.05) is 23.4 Å². The normalized spacial score (nSPS) is 11.2. The minimum Gasteiger partial charge on any atom is -0.495 e. The molecule has 2 aromatic heterocycles. The van der Waals surface area contributed by atoms with Crippen LogP contribution in [0.4, 0.5) is 5.69 Å². The number of rotatable bonds is 10. The summed E-state index contributed by atoms with van der Waals surface area (Å²) in [6.45, 7) is 4.80. The molecule has 2 heterocycles. The van der Waals surface area contributed by atoms with E-state index in [1.165, 1.54) is 24.1 Å². The summed E-state index contributed by atoms with van der Waals surface area (Å²) in [5, 5.41) is 3.57. The molecule has 11 heteroatoms. The van der Waals surface area contributed by atoms with Crippen LogP contribution in [0.25, 0.3) is 11.2 Å². The highest BCUT2D eigenvalue weighted by Crippen LogP contribution is 2.27. The summed E-state index contributed by atoms with van der Waals surface area (Å²) in [4.78, 5) is 38.1. The second-order valence-electron chi connectivity index (χ2n) is 7.04. The van der Waals surface area contributed by atoms with Crippen molar-refractivity contribution in [2.75, 3.05) is 24.8 Å². The van der Waals surface area contributed by atoms with Gasteiger partial charge in [0.15, 0.2) is 16.3 Å². The zero-order valence-corrected chi connectivity index (χ0v) is 19.6. The van der Waals surface area contributed by atoms with Gasteiger partial charge < -0.3 is 14.8 Å². The molecule has 0 atom stereocenters. The van der Waals surface area contributed by atoms with Crippen molar-refractivity contribution >= 4 is 46.1 Å². The number of aromatic nitrogens is 4. The first-order valence-corrected chi connectivity index (χ1v) is 11.3. The van der Waals surface area contributed by atoms with E-state index >= 15 is 0 Å². The maximum absolute atomic E-state index is 13.0. The van der Waals surface area contributed by atoms with Crippen LogP contribution in [-0.2, 0) is 16.1 Å². The van der Waals surface area contributed by atoms with E-state index in [-0.39, 0.29) is 34.5 Å². The highest BCUT2D eigenvalue weighted by molar-refractivity contribution is 7.99. The molecule has 1 amide bonds. The van der Waals surface area contributed by atoms with Crippen LogP contribution in [0.1, 0.15) is 20.3 Å². The third kappa shape index (κ3) is 6.18. The fourth-order valence-electron chi connectivity index (χ4n) is 2.85. The molecule has 3 rings (SSSR count). The first-order chi connectivity index (χ1) is 15.4. The summed E-state index contributed by atoms with van der Waals surface area (Å²) in [6, 6.07) is 4.98. The molecule has 0 aliphatic carbocycles. The van der Waals surface area contributed by atoms with Crippen LogP contribution in [0.5, 0.6) is 5.75 Å². The van der Waals surface area contributed by atoms with Crippen molar-refractivity contribution in [3.63, 3.8) is 0 Å². The van der Waals surface area contributed by atoms with Gasteiger partial charge in [0.05, 0.1) is 24.0 Å². The monoisotopic (exact) mass is 477 g/mol. The first kappa shape index (κ1) is 24.0.